The molecule has 1 aliphatic heterocycles. The molecule has 1 aliphatic carbocycles. The molecule has 0 aromatic heterocycles. The molecule has 0 bridgehead atoms. The van der Waals surface area contributed by atoms with Crippen molar-refractivity contribution in [3.8, 4) is 0 Å². The number of piperidine rings is 1. The van der Waals surface area contributed by atoms with Gasteiger partial charge in [0.05, 0.1) is 5.41 Å². The summed E-state index contributed by atoms with van der Waals surface area (Å²) in [6, 6.07) is 0.136. The minimum Gasteiger partial charge on any atom is -0.481 e. The van der Waals surface area contributed by atoms with Crippen molar-refractivity contribution in [1.82, 2.24) is 10.2 Å². The second kappa shape index (κ2) is 4.94. The van der Waals surface area contributed by atoms with Crippen molar-refractivity contribution in [2.75, 3.05) is 27.2 Å². The number of hydrogen-bond acceptors (Lipinski definition) is 3. The molecular formula is C13H24N2O2. The fourth-order valence-electron chi connectivity index (χ4n) is 3.66. The van der Waals surface area contributed by atoms with Crippen LogP contribution in [0.1, 0.15) is 32.1 Å². The van der Waals surface area contributed by atoms with Crippen molar-refractivity contribution in [1.29, 1.82) is 0 Å². The van der Waals surface area contributed by atoms with Gasteiger partial charge in [-0.25, -0.2) is 0 Å². The number of hydrogen-bond donors (Lipinski definition) is 2. The van der Waals surface area contributed by atoms with Gasteiger partial charge in [0.1, 0.15) is 0 Å². The maximum absolute atomic E-state index is 11.6. The lowest BCUT2D eigenvalue weighted by molar-refractivity contribution is -0.159. The average molecular weight is 240 g/mol. The van der Waals surface area contributed by atoms with E-state index in [0.717, 1.165) is 38.8 Å². The number of aliphatic carboxylic acids is 1. The van der Waals surface area contributed by atoms with Crippen LogP contribution in [0.25, 0.3) is 0 Å². The summed E-state index contributed by atoms with van der Waals surface area (Å²) in [5.41, 5.74) is -0.488. The molecule has 0 aromatic rings. The molecule has 0 amide bonds. The Labute approximate surface area is 103 Å². The van der Waals surface area contributed by atoms with E-state index in [1.54, 1.807) is 0 Å². The van der Waals surface area contributed by atoms with Crippen molar-refractivity contribution in [3.63, 3.8) is 0 Å². The van der Waals surface area contributed by atoms with E-state index in [-0.39, 0.29) is 6.04 Å². The molecule has 0 radical (unpaired) electrons. The molecule has 1 heterocycles. The van der Waals surface area contributed by atoms with Gasteiger partial charge in [0.15, 0.2) is 0 Å². The molecule has 0 spiro atoms. The Morgan fingerprint density at radius 3 is 2.59 bits per heavy atom. The van der Waals surface area contributed by atoms with Crippen molar-refractivity contribution >= 4 is 5.97 Å². The summed E-state index contributed by atoms with van der Waals surface area (Å²) < 4.78 is 0. The lowest BCUT2D eigenvalue weighted by atomic mass is 9.60. The van der Waals surface area contributed by atoms with Gasteiger partial charge in [0.25, 0.3) is 0 Å². The van der Waals surface area contributed by atoms with E-state index in [9.17, 15) is 9.90 Å². The van der Waals surface area contributed by atoms with E-state index < -0.39 is 11.4 Å². The fourth-order valence-corrected chi connectivity index (χ4v) is 3.66. The van der Waals surface area contributed by atoms with E-state index in [2.05, 4.69) is 17.3 Å². The number of carbonyl (C=O) groups is 1. The average Bonchev–Trinajstić information content (AvgIpc) is 2.22. The largest absolute Gasteiger partial charge is 0.481 e. The first-order chi connectivity index (χ1) is 8.10. The van der Waals surface area contributed by atoms with Crippen molar-refractivity contribution in [3.05, 3.63) is 0 Å². The highest BCUT2D eigenvalue weighted by atomic mass is 16.4. The third kappa shape index (κ3) is 2.20. The first-order valence-corrected chi connectivity index (χ1v) is 6.69. The summed E-state index contributed by atoms with van der Waals surface area (Å²) in [5.74, 6) is -0.119. The Bertz CT molecular complexity index is 289. The molecule has 2 atom stereocenters. The number of carboxylic acids is 1. The van der Waals surface area contributed by atoms with Crippen LogP contribution >= 0.6 is 0 Å². The Kier molecular flexibility index (Phi) is 3.73. The highest BCUT2D eigenvalue weighted by molar-refractivity contribution is 5.76. The van der Waals surface area contributed by atoms with Gasteiger partial charge in [-0.2, -0.15) is 0 Å². The molecule has 17 heavy (non-hydrogen) atoms. The number of rotatable bonds is 4. The van der Waals surface area contributed by atoms with E-state index >= 15 is 0 Å². The Balaban J connectivity index is 2.11. The summed E-state index contributed by atoms with van der Waals surface area (Å²) in [7, 11) is 4.05. The zero-order valence-corrected chi connectivity index (χ0v) is 10.9. The van der Waals surface area contributed by atoms with E-state index in [0.29, 0.717) is 5.92 Å². The second-order valence-corrected chi connectivity index (χ2v) is 5.75. The normalized spacial score (nSPS) is 30.6. The molecule has 98 valence electrons. The van der Waals surface area contributed by atoms with E-state index in [4.69, 9.17) is 0 Å². The number of nitrogens with zero attached hydrogens (tertiary/aromatic N) is 1. The molecule has 4 nitrogen and oxygen atoms in total. The molecule has 1 saturated carbocycles. The summed E-state index contributed by atoms with van der Waals surface area (Å²) >= 11 is 0. The van der Waals surface area contributed by atoms with Crippen LogP contribution < -0.4 is 5.32 Å². The maximum Gasteiger partial charge on any atom is 0.311 e. The van der Waals surface area contributed by atoms with Gasteiger partial charge in [-0.1, -0.05) is 6.42 Å². The SMILES string of the molecule is CNC(C1CCCN(C)C1)C1(C(=O)O)CCC1. The third-order valence-electron chi connectivity index (χ3n) is 4.71. The molecule has 2 unspecified atom stereocenters. The molecule has 0 aromatic carbocycles. The maximum atomic E-state index is 11.6. The Morgan fingerprint density at radius 2 is 2.18 bits per heavy atom. The van der Waals surface area contributed by atoms with Crippen molar-refractivity contribution < 1.29 is 9.90 Å². The number of likely N-dealkylation sites (tertiary alicyclic amines) is 1. The molecule has 2 rings (SSSR count). The van der Waals surface area contributed by atoms with Gasteiger partial charge in [-0.3, -0.25) is 4.79 Å². The zero-order valence-electron chi connectivity index (χ0n) is 10.9. The van der Waals surface area contributed by atoms with Gasteiger partial charge in [-0.05, 0) is 52.2 Å². The van der Waals surface area contributed by atoms with Crippen LogP contribution in [-0.4, -0.2) is 49.2 Å². The van der Waals surface area contributed by atoms with E-state index in [1.165, 1.54) is 6.42 Å². The Hall–Kier alpha value is -0.610. The van der Waals surface area contributed by atoms with Crippen molar-refractivity contribution in [2.24, 2.45) is 11.3 Å². The van der Waals surface area contributed by atoms with Crippen LogP contribution in [0, 0.1) is 11.3 Å². The third-order valence-corrected chi connectivity index (χ3v) is 4.71. The number of carboxylic acid groups (broad SMARTS) is 1. The molecule has 2 aliphatic rings. The predicted octanol–water partition coefficient (Wildman–Crippen LogP) is 1.17. The molecule has 2 N–H and O–H groups in total. The highest BCUT2D eigenvalue weighted by Gasteiger charge is 2.52. The van der Waals surface area contributed by atoms with Gasteiger partial charge >= 0.3 is 5.97 Å². The smallest absolute Gasteiger partial charge is 0.311 e. The lowest BCUT2D eigenvalue weighted by Gasteiger charge is -2.49. The topological polar surface area (TPSA) is 52.6 Å². The molecule has 1 saturated heterocycles. The summed E-state index contributed by atoms with van der Waals surface area (Å²) in [6.07, 6.45) is 5.09. The van der Waals surface area contributed by atoms with Crippen LogP contribution in [0.3, 0.4) is 0 Å². The quantitative estimate of drug-likeness (QED) is 0.774. The minimum absolute atomic E-state index is 0.136. The van der Waals surface area contributed by atoms with Crippen LogP contribution in [-0.2, 0) is 4.79 Å². The second-order valence-electron chi connectivity index (χ2n) is 5.75. The first-order valence-electron chi connectivity index (χ1n) is 6.69. The number of nitrogens with one attached hydrogen (secondary N) is 1. The van der Waals surface area contributed by atoms with Gasteiger partial charge < -0.3 is 15.3 Å². The fraction of sp³-hybridized carbons (Fsp3) is 0.923. The van der Waals surface area contributed by atoms with Crippen LogP contribution in [0.15, 0.2) is 0 Å². The standard InChI is InChI=1S/C13H24N2O2/c1-14-11(10-5-3-8-15(2)9-10)13(12(16)17)6-4-7-13/h10-11,14H,3-9H2,1-2H3,(H,16,17). The highest BCUT2D eigenvalue weighted by Crippen LogP contribution is 2.47. The van der Waals surface area contributed by atoms with Gasteiger partial charge in [0, 0.05) is 12.6 Å². The van der Waals surface area contributed by atoms with Gasteiger partial charge in [0.2, 0.25) is 0 Å². The molecule has 4 heteroatoms. The van der Waals surface area contributed by atoms with E-state index in [1.807, 2.05) is 7.05 Å². The van der Waals surface area contributed by atoms with Crippen LogP contribution in [0.4, 0.5) is 0 Å². The van der Waals surface area contributed by atoms with Crippen LogP contribution in [0.5, 0.6) is 0 Å². The van der Waals surface area contributed by atoms with Gasteiger partial charge in [-0.15, -0.1) is 0 Å². The first kappa shape index (κ1) is 12.8. The summed E-state index contributed by atoms with van der Waals surface area (Å²) in [6.45, 7) is 2.17. The Morgan fingerprint density at radius 1 is 1.47 bits per heavy atom. The zero-order chi connectivity index (χ0) is 12.5. The van der Waals surface area contributed by atoms with Crippen LogP contribution in [0.2, 0.25) is 0 Å². The predicted molar refractivity (Wildman–Crippen MR) is 67.0 cm³/mol. The summed E-state index contributed by atoms with van der Waals surface area (Å²) in [4.78, 5) is 13.9. The lowest BCUT2D eigenvalue weighted by Crippen LogP contribution is -2.59. The minimum atomic E-state index is -0.601. The molecular weight excluding hydrogens is 216 g/mol. The summed E-state index contributed by atoms with van der Waals surface area (Å²) in [5, 5.41) is 12.8. The molecule has 2 fully saturated rings. The van der Waals surface area contributed by atoms with Crippen molar-refractivity contribution in [2.45, 2.75) is 38.1 Å². The monoisotopic (exact) mass is 240 g/mol.